The van der Waals surface area contributed by atoms with Gasteiger partial charge in [-0.3, -0.25) is 0 Å². The molecule has 0 aliphatic heterocycles. The summed E-state index contributed by atoms with van der Waals surface area (Å²) in [6.45, 7) is 4.70. The van der Waals surface area contributed by atoms with E-state index < -0.39 is 24.4 Å². The van der Waals surface area contributed by atoms with E-state index in [0.717, 1.165) is 5.56 Å². The van der Waals surface area contributed by atoms with E-state index in [1.54, 1.807) is 20.8 Å². The fourth-order valence-electron chi connectivity index (χ4n) is 1.52. The average molecular weight is 253 g/mol. The van der Waals surface area contributed by atoms with E-state index in [1.165, 1.54) is 0 Å². The highest BCUT2D eigenvalue weighted by Crippen LogP contribution is 2.08. The van der Waals surface area contributed by atoms with Crippen LogP contribution in [-0.4, -0.2) is 24.4 Å². The zero-order chi connectivity index (χ0) is 13.6. The van der Waals surface area contributed by atoms with Gasteiger partial charge >= 0.3 is 6.09 Å². The molecule has 1 aromatic carbocycles. The summed E-state index contributed by atoms with van der Waals surface area (Å²) in [6.07, 6.45) is -0.127. The molecule has 0 aliphatic carbocycles. The zero-order valence-electron chi connectivity index (χ0n) is 11.1. The average Bonchev–Trinajstić information content (AvgIpc) is 2.27. The van der Waals surface area contributed by atoms with E-state index in [4.69, 9.17) is 4.74 Å². The number of alkyl halides is 1. The van der Waals surface area contributed by atoms with Crippen molar-refractivity contribution >= 4 is 6.09 Å². The van der Waals surface area contributed by atoms with Gasteiger partial charge in [-0.15, -0.1) is 0 Å². The first-order valence-corrected chi connectivity index (χ1v) is 6.00. The minimum atomic E-state index is -0.617. The van der Waals surface area contributed by atoms with Gasteiger partial charge in [-0.05, 0) is 32.8 Å². The van der Waals surface area contributed by atoms with Crippen LogP contribution in [0.4, 0.5) is 9.18 Å². The first-order chi connectivity index (χ1) is 8.40. The smallest absolute Gasteiger partial charge is 0.407 e. The molecular formula is C14H20FNO2. The number of ether oxygens (including phenoxy) is 1. The second kappa shape index (κ2) is 6.38. The maximum Gasteiger partial charge on any atom is 0.407 e. The van der Waals surface area contributed by atoms with Crippen LogP contribution in [0.5, 0.6) is 0 Å². The SMILES string of the molecule is CC(C)(C)OC(=O)NC(CF)Cc1ccccc1. The van der Waals surface area contributed by atoms with Crippen LogP contribution in [0.15, 0.2) is 30.3 Å². The molecule has 0 aromatic heterocycles. The maximum atomic E-state index is 12.9. The zero-order valence-corrected chi connectivity index (χ0v) is 11.1. The molecule has 0 saturated heterocycles. The molecule has 100 valence electrons. The molecule has 1 unspecified atom stereocenters. The summed E-state index contributed by atoms with van der Waals surface area (Å²) in [5, 5.41) is 2.54. The quantitative estimate of drug-likeness (QED) is 0.895. The standard InChI is InChI=1S/C14H20FNO2/c1-14(2,3)18-13(17)16-12(10-15)9-11-7-5-4-6-8-11/h4-8,12H,9-10H2,1-3H3,(H,16,17). The highest BCUT2D eigenvalue weighted by molar-refractivity contribution is 5.68. The van der Waals surface area contributed by atoms with Crippen LogP contribution in [-0.2, 0) is 11.2 Å². The molecule has 1 atom stereocenters. The number of benzene rings is 1. The first kappa shape index (κ1) is 14.5. The van der Waals surface area contributed by atoms with E-state index in [-0.39, 0.29) is 0 Å². The van der Waals surface area contributed by atoms with Crippen molar-refractivity contribution in [2.75, 3.05) is 6.67 Å². The molecule has 0 aliphatic rings. The maximum absolute atomic E-state index is 12.9. The Kier molecular flexibility index (Phi) is 5.13. The molecule has 0 saturated carbocycles. The van der Waals surface area contributed by atoms with Crippen LogP contribution in [0.1, 0.15) is 26.3 Å². The minimum Gasteiger partial charge on any atom is -0.444 e. The van der Waals surface area contributed by atoms with Crippen molar-refractivity contribution in [2.24, 2.45) is 0 Å². The molecule has 0 spiro atoms. The molecule has 3 nitrogen and oxygen atoms in total. The summed E-state index contributed by atoms with van der Waals surface area (Å²) in [7, 11) is 0. The van der Waals surface area contributed by atoms with E-state index in [9.17, 15) is 9.18 Å². The van der Waals surface area contributed by atoms with Crippen LogP contribution in [0.3, 0.4) is 0 Å². The van der Waals surface area contributed by atoms with E-state index in [0.29, 0.717) is 6.42 Å². The number of rotatable bonds is 4. The summed E-state index contributed by atoms with van der Waals surface area (Å²) >= 11 is 0. The van der Waals surface area contributed by atoms with Gasteiger partial charge in [0.2, 0.25) is 0 Å². The van der Waals surface area contributed by atoms with Gasteiger partial charge in [-0.2, -0.15) is 0 Å². The molecule has 0 heterocycles. The third-order valence-corrected chi connectivity index (χ3v) is 2.23. The molecule has 18 heavy (non-hydrogen) atoms. The summed E-state index contributed by atoms with van der Waals surface area (Å²) in [5.41, 5.74) is 0.411. The molecule has 1 amide bonds. The fraction of sp³-hybridized carbons (Fsp3) is 0.500. The van der Waals surface area contributed by atoms with Crippen LogP contribution in [0, 0.1) is 0 Å². The molecule has 0 radical (unpaired) electrons. The Bertz CT molecular complexity index is 373. The van der Waals surface area contributed by atoms with Crippen molar-refractivity contribution in [3.63, 3.8) is 0 Å². The summed E-state index contributed by atoms with van der Waals surface area (Å²) in [6, 6.07) is 8.92. The monoisotopic (exact) mass is 253 g/mol. The van der Waals surface area contributed by atoms with E-state index in [2.05, 4.69) is 5.32 Å². The summed E-state index contributed by atoms with van der Waals surface area (Å²) in [4.78, 5) is 11.5. The number of carbonyl (C=O) groups is 1. The third kappa shape index (κ3) is 5.66. The number of halogens is 1. The lowest BCUT2D eigenvalue weighted by Gasteiger charge is -2.22. The highest BCUT2D eigenvalue weighted by atomic mass is 19.1. The van der Waals surface area contributed by atoms with Crippen molar-refractivity contribution in [2.45, 2.75) is 38.8 Å². The third-order valence-electron chi connectivity index (χ3n) is 2.23. The second-order valence-electron chi connectivity index (χ2n) is 5.19. The number of amides is 1. The highest BCUT2D eigenvalue weighted by Gasteiger charge is 2.19. The van der Waals surface area contributed by atoms with Gasteiger partial charge in [0.05, 0.1) is 6.04 Å². The summed E-state index contributed by atoms with van der Waals surface area (Å²) < 4.78 is 18.0. The minimum absolute atomic E-state index is 0.455. The molecule has 1 rings (SSSR count). The van der Waals surface area contributed by atoms with Gasteiger partial charge in [0, 0.05) is 0 Å². The first-order valence-electron chi connectivity index (χ1n) is 6.00. The Labute approximate surface area is 107 Å². The molecule has 0 fully saturated rings. The molecule has 1 N–H and O–H groups in total. The van der Waals surface area contributed by atoms with Gasteiger partial charge in [0.25, 0.3) is 0 Å². The Morgan fingerprint density at radius 3 is 2.44 bits per heavy atom. The van der Waals surface area contributed by atoms with Gasteiger partial charge in [0.1, 0.15) is 12.3 Å². The van der Waals surface area contributed by atoms with Crippen molar-refractivity contribution in [3.8, 4) is 0 Å². The van der Waals surface area contributed by atoms with Crippen molar-refractivity contribution in [3.05, 3.63) is 35.9 Å². The lowest BCUT2D eigenvalue weighted by atomic mass is 10.1. The van der Waals surface area contributed by atoms with Crippen LogP contribution in [0.2, 0.25) is 0 Å². The van der Waals surface area contributed by atoms with Crippen LogP contribution < -0.4 is 5.32 Å². The van der Waals surface area contributed by atoms with Crippen molar-refractivity contribution < 1.29 is 13.9 Å². The predicted molar refractivity (Wildman–Crippen MR) is 69.3 cm³/mol. The molecule has 4 heteroatoms. The number of alkyl carbamates (subject to hydrolysis) is 1. The fourth-order valence-corrected chi connectivity index (χ4v) is 1.52. The largest absolute Gasteiger partial charge is 0.444 e. The van der Waals surface area contributed by atoms with E-state index >= 15 is 0 Å². The Hall–Kier alpha value is -1.58. The van der Waals surface area contributed by atoms with Crippen LogP contribution in [0.25, 0.3) is 0 Å². The van der Waals surface area contributed by atoms with Crippen molar-refractivity contribution in [1.82, 2.24) is 5.32 Å². The Morgan fingerprint density at radius 2 is 1.94 bits per heavy atom. The second-order valence-corrected chi connectivity index (χ2v) is 5.19. The van der Waals surface area contributed by atoms with Gasteiger partial charge < -0.3 is 10.1 Å². The van der Waals surface area contributed by atoms with Gasteiger partial charge in [0.15, 0.2) is 0 Å². The molecule has 1 aromatic rings. The van der Waals surface area contributed by atoms with Crippen LogP contribution >= 0.6 is 0 Å². The number of hydrogen-bond donors (Lipinski definition) is 1. The lowest BCUT2D eigenvalue weighted by Crippen LogP contribution is -2.41. The number of nitrogens with one attached hydrogen (secondary N) is 1. The predicted octanol–water partition coefficient (Wildman–Crippen LogP) is 3.09. The Balaban J connectivity index is 2.50. The normalized spacial score (nSPS) is 12.9. The summed E-state index contributed by atoms with van der Waals surface area (Å²) in [5.74, 6) is 0. The van der Waals surface area contributed by atoms with Gasteiger partial charge in [-0.1, -0.05) is 30.3 Å². The lowest BCUT2D eigenvalue weighted by molar-refractivity contribution is 0.0496. The molecule has 0 bridgehead atoms. The topological polar surface area (TPSA) is 38.3 Å². The number of hydrogen-bond acceptors (Lipinski definition) is 2. The van der Waals surface area contributed by atoms with E-state index in [1.807, 2.05) is 30.3 Å². The molecular weight excluding hydrogens is 233 g/mol. The Morgan fingerprint density at radius 1 is 1.33 bits per heavy atom. The van der Waals surface area contributed by atoms with Crippen molar-refractivity contribution in [1.29, 1.82) is 0 Å². The number of carbonyl (C=O) groups excluding carboxylic acids is 1. The van der Waals surface area contributed by atoms with Gasteiger partial charge in [-0.25, -0.2) is 9.18 Å².